The molecule has 0 unspecified atom stereocenters. The van der Waals surface area contributed by atoms with Gasteiger partial charge in [-0.2, -0.15) is 0 Å². The fraction of sp³-hybridized carbons (Fsp3) is 0.474. The number of likely N-dealkylation sites (tertiary alicyclic amines) is 1. The fourth-order valence-electron chi connectivity index (χ4n) is 4.06. The maximum absolute atomic E-state index is 13.4. The van der Waals surface area contributed by atoms with Crippen molar-refractivity contribution in [1.82, 2.24) is 15.1 Å². The van der Waals surface area contributed by atoms with E-state index in [-0.39, 0.29) is 17.7 Å². The lowest BCUT2D eigenvalue weighted by atomic mass is 9.63. The van der Waals surface area contributed by atoms with Crippen LogP contribution in [-0.2, 0) is 15.0 Å². The molecule has 2 amide bonds. The number of rotatable bonds is 4. The molecule has 1 saturated carbocycles. The van der Waals surface area contributed by atoms with Crippen LogP contribution in [0.2, 0.25) is 5.02 Å². The topological polar surface area (TPSA) is 75.2 Å². The number of benzene rings is 1. The number of carbonyl (C=O) groups excluding carboxylic acids is 2. The SMILES string of the molecule is O=C(Nc1nncs1)[C@H]1CCCN(C(=O)C2(c3cccc(Cl)c3)CCC2)C1. The lowest BCUT2D eigenvalue weighted by Crippen LogP contribution is -2.54. The van der Waals surface area contributed by atoms with Gasteiger partial charge < -0.3 is 10.2 Å². The van der Waals surface area contributed by atoms with Crippen molar-refractivity contribution in [2.75, 3.05) is 18.4 Å². The summed E-state index contributed by atoms with van der Waals surface area (Å²) < 4.78 is 0. The van der Waals surface area contributed by atoms with Gasteiger partial charge in [-0.15, -0.1) is 10.2 Å². The van der Waals surface area contributed by atoms with Gasteiger partial charge in [-0.1, -0.05) is 41.5 Å². The first kappa shape index (κ1) is 18.4. The molecule has 2 aliphatic rings. The second kappa shape index (κ2) is 7.56. The van der Waals surface area contributed by atoms with E-state index in [1.807, 2.05) is 29.2 Å². The smallest absolute Gasteiger partial charge is 0.233 e. The number of nitrogens with one attached hydrogen (secondary N) is 1. The Bertz CT molecular complexity index is 838. The van der Waals surface area contributed by atoms with E-state index in [1.165, 1.54) is 11.3 Å². The molecule has 6 nitrogen and oxygen atoms in total. The zero-order valence-corrected chi connectivity index (χ0v) is 16.4. The Hall–Kier alpha value is -1.99. The molecule has 1 aliphatic carbocycles. The van der Waals surface area contributed by atoms with E-state index in [0.717, 1.165) is 37.7 Å². The lowest BCUT2D eigenvalue weighted by Gasteiger charge is -2.45. The van der Waals surface area contributed by atoms with Gasteiger partial charge in [0.25, 0.3) is 0 Å². The van der Waals surface area contributed by atoms with Crippen LogP contribution in [-0.4, -0.2) is 40.0 Å². The second-order valence-corrected chi connectivity index (χ2v) is 8.54. The van der Waals surface area contributed by atoms with E-state index in [1.54, 1.807) is 5.51 Å². The minimum Gasteiger partial charge on any atom is -0.341 e. The summed E-state index contributed by atoms with van der Waals surface area (Å²) in [4.78, 5) is 27.9. The van der Waals surface area contributed by atoms with Crippen molar-refractivity contribution >= 4 is 39.9 Å². The number of piperidine rings is 1. The number of hydrogen-bond acceptors (Lipinski definition) is 5. The van der Waals surface area contributed by atoms with E-state index < -0.39 is 5.41 Å². The number of aromatic nitrogens is 2. The van der Waals surface area contributed by atoms with Crippen molar-refractivity contribution < 1.29 is 9.59 Å². The molecule has 1 atom stereocenters. The van der Waals surface area contributed by atoms with Crippen LogP contribution in [0.25, 0.3) is 0 Å². The molecule has 0 spiro atoms. The van der Waals surface area contributed by atoms with E-state index in [9.17, 15) is 9.59 Å². The molecule has 2 aromatic rings. The normalized spacial score (nSPS) is 21.4. The fourth-order valence-corrected chi connectivity index (χ4v) is 4.69. The van der Waals surface area contributed by atoms with Crippen LogP contribution in [0.4, 0.5) is 5.13 Å². The van der Waals surface area contributed by atoms with Gasteiger partial charge in [-0.25, -0.2) is 0 Å². The lowest BCUT2D eigenvalue weighted by molar-refractivity contribution is -0.143. The number of anilines is 1. The molecule has 0 bridgehead atoms. The molecule has 1 N–H and O–H groups in total. The molecule has 1 aromatic heterocycles. The first-order chi connectivity index (χ1) is 13.1. The van der Waals surface area contributed by atoms with Crippen molar-refractivity contribution in [3.05, 3.63) is 40.4 Å². The third kappa shape index (κ3) is 3.58. The minimum absolute atomic E-state index is 0.0883. The van der Waals surface area contributed by atoms with Crippen LogP contribution in [0.5, 0.6) is 0 Å². The van der Waals surface area contributed by atoms with Crippen LogP contribution < -0.4 is 5.32 Å². The summed E-state index contributed by atoms with van der Waals surface area (Å²) in [6.07, 6.45) is 4.31. The van der Waals surface area contributed by atoms with E-state index in [0.29, 0.717) is 23.2 Å². The summed E-state index contributed by atoms with van der Waals surface area (Å²) in [6.45, 7) is 1.15. The summed E-state index contributed by atoms with van der Waals surface area (Å²) in [5.74, 6) is -0.179. The molecule has 4 rings (SSSR count). The molecule has 0 radical (unpaired) electrons. The van der Waals surface area contributed by atoms with Crippen molar-refractivity contribution in [3.8, 4) is 0 Å². The molecule has 8 heteroatoms. The predicted molar refractivity (Wildman–Crippen MR) is 105 cm³/mol. The highest BCUT2D eigenvalue weighted by molar-refractivity contribution is 7.13. The third-order valence-electron chi connectivity index (χ3n) is 5.66. The number of amides is 2. The Morgan fingerprint density at radius 2 is 2.15 bits per heavy atom. The van der Waals surface area contributed by atoms with Crippen LogP contribution in [0.1, 0.15) is 37.7 Å². The van der Waals surface area contributed by atoms with Crippen LogP contribution >= 0.6 is 22.9 Å². The average Bonchev–Trinajstić information content (AvgIpc) is 3.14. The summed E-state index contributed by atoms with van der Waals surface area (Å²) in [7, 11) is 0. The van der Waals surface area contributed by atoms with Crippen LogP contribution in [0, 0.1) is 5.92 Å². The van der Waals surface area contributed by atoms with Gasteiger partial charge in [0.15, 0.2) is 0 Å². The Morgan fingerprint density at radius 1 is 1.30 bits per heavy atom. The van der Waals surface area contributed by atoms with Gasteiger partial charge in [0, 0.05) is 18.1 Å². The van der Waals surface area contributed by atoms with Gasteiger partial charge >= 0.3 is 0 Å². The molecule has 2 fully saturated rings. The first-order valence-corrected chi connectivity index (χ1v) is 10.5. The number of hydrogen-bond donors (Lipinski definition) is 1. The van der Waals surface area contributed by atoms with Gasteiger partial charge in [0.2, 0.25) is 16.9 Å². The van der Waals surface area contributed by atoms with Crippen molar-refractivity contribution in [3.63, 3.8) is 0 Å². The zero-order valence-electron chi connectivity index (χ0n) is 14.9. The highest BCUT2D eigenvalue weighted by Gasteiger charge is 2.48. The quantitative estimate of drug-likeness (QED) is 0.846. The second-order valence-electron chi connectivity index (χ2n) is 7.27. The molecule has 2 heterocycles. The maximum Gasteiger partial charge on any atom is 0.233 e. The molecule has 1 aromatic carbocycles. The van der Waals surface area contributed by atoms with Crippen molar-refractivity contribution in [2.24, 2.45) is 5.92 Å². The van der Waals surface area contributed by atoms with Gasteiger partial charge in [-0.05, 0) is 43.4 Å². The van der Waals surface area contributed by atoms with Gasteiger partial charge in [0.1, 0.15) is 5.51 Å². The summed E-state index contributed by atoms with van der Waals surface area (Å²) >= 11 is 7.46. The molecule has 142 valence electrons. The Labute approximate surface area is 166 Å². The molecular formula is C19H21ClN4O2S. The highest BCUT2D eigenvalue weighted by Crippen LogP contribution is 2.46. The summed E-state index contributed by atoms with van der Waals surface area (Å²) in [5.41, 5.74) is 2.09. The van der Waals surface area contributed by atoms with Crippen LogP contribution in [0.15, 0.2) is 29.8 Å². The average molecular weight is 405 g/mol. The molecular weight excluding hydrogens is 384 g/mol. The largest absolute Gasteiger partial charge is 0.341 e. The predicted octanol–water partition coefficient (Wildman–Crippen LogP) is 3.49. The van der Waals surface area contributed by atoms with E-state index in [4.69, 9.17) is 11.6 Å². The Morgan fingerprint density at radius 3 is 2.81 bits per heavy atom. The maximum atomic E-state index is 13.4. The monoisotopic (exact) mass is 404 g/mol. The first-order valence-electron chi connectivity index (χ1n) is 9.21. The zero-order chi connectivity index (χ0) is 18.9. The van der Waals surface area contributed by atoms with Crippen molar-refractivity contribution in [1.29, 1.82) is 0 Å². The Balaban J connectivity index is 1.48. The number of carbonyl (C=O) groups is 2. The minimum atomic E-state index is -0.484. The van der Waals surface area contributed by atoms with Crippen LogP contribution in [0.3, 0.4) is 0 Å². The third-order valence-corrected chi connectivity index (χ3v) is 6.51. The van der Waals surface area contributed by atoms with E-state index in [2.05, 4.69) is 15.5 Å². The number of halogens is 1. The highest BCUT2D eigenvalue weighted by atomic mass is 35.5. The molecule has 1 saturated heterocycles. The molecule has 27 heavy (non-hydrogen) atoms. The summed E-state index contributed by atoms with van der Waals surface area (Å²) in [6, 6.07) is 7.63. The van der Waals surface area contributed by atoms with Gasteiger partial charge in [0.05, 0.1) is 11.3 Å². The number of nitrogens with zero attached hydrogens (tertiary/aromatic N) is 3. The Kier molecular flexibility index (Phi) is 5.14. The van der Waals surface area contributed by atoms with Gasteiger partial charge in [-0.3, -0.25) is 9.59 Å². The standard InChI is InChI=1S/C19H21ClN4O2S/c20-15-6-1-5-14(10-15)19(7-3-8-19)17(26)24-9-2-4-13(11-24)16(25)22-18-23-21-12-27-18/h1,5-6,10,12-13H,2-4,7-9,11H2,(H,22,23,25)/t13-/m0/s1. The van der Waals surface area contributed by atoms with E-state index >= 15 is 0 Å². The summed E-state index contributed by atoms with van der Waals surface area (Å²) in [5, 5.41) is 11.5. The van der Waals surface area contributed by atoms with Crippen molar-refractivity contribution in [2.45, 2.75) is 37.5 Å². The molecule has 1 aliphatic heterocycles.